The minimum absolute atomic E-state index is 0.743. The second-order valence-electron chi connectivity index (χ2n) is 7.56. The molecular formula is C20H29N5. The van der Waals surface area contributed by atoms with Crippen molar-refractivity contribution in [3.63, 3.8) is 0 Å². The van der Waals surface area contributed by atoms with Crippen molar-refractivity contribution in [1.82, 2.24) is 24.3 Å². The molecule has 4 heterocycles. The lowest BCUT2D eigenvalue weighted by atomic mass is 9.93. The van der Waals surface area contributed by atoms with Gasteiger partial charge in [-0.05, 0) is 51.5 Å². The third-order valence-corrected chi connectivity index (χ3v) is 5.92. The number of hydrogen-bond donors (Lipinski definition) is 0. The van der Waals surface area contributed by atoms with Gasteiger partial charge in [0.15, 0.2) is 0 Å². The molecule has 2 aliphatic heterocycles. The number of aromatic nitrogens is 3. The van der Waals surface area contributed by atoms with Crippen molar-refractivity contribution in [2.45, 2.75) is 39.3 Å². The van der Waals surface area contributed by atoms with Gasteiger partial charge in [-0.1, -0.05) is 6.92 Å². The highest BCUT2D eigenvalue weighted by atomic mass is 15.3. The van der Waals surface area contributed by atoms with Gasteiger partial charge in [-0.3, -0.25) is 9.88 Å². The molecule has 0 aliphatic carbocycles. The summed E-state index contributed by atoms with van der Waals surface area (Å²) >= 11 is 0. The molecule has 0 radical (unpaired) electrons. The Hall–Kier alpha value is -1.72. The summed E-state index contributed by atoms with van der Waals surface area (Å²) in [7, 11) is 0. The fourth-order valence-electron chi connectivity index (χ4n) is 4.30. The normalized spacial score (nSPS) is 20.7. The van der Waals surface area contributed by atoms with Gasteiger partial charge in [-0.15, -0.1) is 0 Å². The van der Waals surface area contributed by atoms with E-state index in [1.165, 1.54) is 51.3 Å². The van der Waals surface area contributed by atoms with Crippen LogP contribution < -0.4 is 0 Å². The zero-order chi connectivity index (χ0) is 17.2. The summed E-state index contributed by atoms with van der Waals surface area (Å²) in [6, 6.07) is 4.89. The largest absolute Gasteiger partial charge is 0.328 e. The number of piperidine rings is 1. The zero-order valence-electron chi connectivity index (χ0n) is 15.4. The number of imidazole rings is 1. The molecule has 25 heavy (non-hydrogen) atoms. The third-order valence-electron chi connectivity index (χ3n) is 5.92. The van der Waals surface area contributed by atoms with Crippen molar-refractivity contribution in [2.75, 3.05) is 32.7 Å². The summed E-state index contributed by atoms with van der Waals surface area (Å²) in [5, 5.41) is 0. The lowest BCUT2D eigenvalue weighted by Gasteiger charge is -2.47. The van der Waals surface area contributed by atoms with Crippen LogP contribution in [0.2, 0.25) is 0 Å². The lowest BCUT2D eigenvalue weighted by molar-refractivity contribution is 0.0137. The van der Waals surface area contributed by atoms with Gasteiger partial charge >= 0.3 is 0 Å². The van der Waals surface area contributed by atoms with E-state index in [1.54, 1.807) is 0 Å². The maximum atomic E-state index is 4.63. The van der Waals surface area contributed by atoms with E-state index in [2.05, 4.69) is 44.2 Å². The van der Waals surface area contributed by atoms with E-state index in [9.17, 15) is 0 Å². The Morgan fingerprint density at radius 2 is 1.96 bits per heavy atom. The van der Waals surface area contributed by atoms with Crippen LogP contribution in [0.4, 0.5) is 0 Å². The van der Waals surface area contributed by atoms with Crippen molar-refractivity contribution in [3.05, 3.63) is 36.4 Å². The van der Waals surface area contributed by atoms with Crippen LogP contribution in [0, 0.1) is 12.8 Å². The number of aryl methyl sites for hydroxylation is 1. The Labute approximate surface area is 150 Å². The highest BCUT2D eigenvalue weighted by Crippen LogP contribution is 2.28. The average Bonchev–Trinajstić information content (AvgIpc) is 2.99. The molecule has 5 nitrogen and oxygen atoms in total. The molecule has 2 aliphatic rings. The summed E-state index contributed by atoms with van der Waals surface area (Å²) in [5.74, 6) is 1.80. The van der Waals surface area contributed by atoms with Gasteiger partial charge < -0.3 is 9.47 Å². The Morgan fingerprint density at radius 3 is 2.64 bits per heavy atom. The number of likely N-dealkylation sites (tertiary alicyclic amines) is 2. The molecule has 0 atom stereocenters. The molecule has 0 bridgehead atoms. The van der Waals surface area contributed by atoms with E-state index in [1.807, 2.05) is 24.7 Å². The van der Waals surface area contributed by atoms with Crippen molar-refractivity contribution in [3.8, 4) is 11.4 Å². The van der Waals surface area contributed by atoms with Crippen LogP contribution in [0.15, 0.2) is 30.7 Å². The van der Waals surface area contributed by atoms with Gasteiger partial charge in [0.05, 0.1) is 0 Å². The van der Waals surface area contributed by atoms with E-state index in [0.29, 0.717) is 0 Å². The molecule has 2 fully saturated rings. The maximum Gasteiger partial charge on any atom is 0.141 e. The average molecular weight is 339 g/mol. The summed E-state index contributed by atoms with van der Waals surface area (Å²) in [4.78, 5) is 14.1. The second-order valence-corrected chi connectivity index (χ2v) is 7.56. The fourth-order valence-corrected chi connectivity index (χ4v) is 4.30. The first-order chi connectivity index (χ1) is 12.2. The van der Waals surface area contributed by atoms with Crippen LogP contribution in [0.1, 0.15) is 25.5 Å². The van der Waals surface area contributed by atoms with Crippen LogP contribution >= 0.6 is 0 Å². The summed E-state index contributed by atoms with van der Waals surface area (Å²) in [5.41, 5.74) is 2.35. The van der Waals surface area contributed by atoms with Crippen LogP contribution in [0.25, 0.3) is 11.4 Å². The molecule has 0 spiro atoms. The molecule has 0 saturated carbocycles. The van der Waals surface area contributed by atoms with Crippen molar-refractivity contribution in [2.24, 2.45) is 5.92 Å². The van der Waals surface area contributed by atoms with Gasteiger partial charge in [0.25, 0.3) is 0 Å². The third kappa shape index (κ3) is 3.48. The number of nitrogens with zero attached hydrogens (tertiary/aromatic N) is 5. The minimum atomic E-state index is 0.743. The van der Waals surface area contributed by atoms with Gasteiger partial charge in [-0.2, -0.15) is 0 Å². The molecule has 0 amide bonds. The molecule has 0 aromatic carbocycles. The quantitative estimate of drug-likeness (QED) is 0.839. The molecule has 5 heteroatoms. The first-order valence-electron chi connectivity index (χ1n) is 9.63. The summed E-state index contributed by atoms with van der Waals surface area (Å²) in [6.45, 7) is 11.7. The molecule has 2 aromatic heterocycles. The molecule has 2 aromatic rings. The van der Waals surface area contributed by atoms with E-state index >= 15 is 0 Å². The Morgan fingerprint density at radius 1 is 1.16 bits per heavy atom. The first-order valence-corrected chi connectivity index (χ1v) is 9.63. The van der Waals surface area contributed by atoms with Crippen LogP contribution in [0.3, 0.4) is 0 Å². The van der Waals surface area contributed by atoms with Crippen molar-refractivity contribution >= 4 is 0 Å². The molecule has 0 N–H and O–H groups in total. The molecular weight excluding hydrogens is 310 g/mol. The van der Waals surface area contributed by atoms with Crippen molar-refractivity contribution < 1.29 is 0 Å². The van der Waals surface area contributed by atoms with Crippen LogP contribution in [-0.2, 0) is 6.54 Å². The fraction of sp³-hybridized carbons (Fsp3) is 0.600. The molecule has 134 valence electrons. The summed E-state index contributed by atoms with van der Waals surface area (Å²) < 4.78 is 2.37. The van der Waals surface area contributed by atoms with Gasteiger partial charge in [0, 0.05) is 61.4 Å². The highest BCUT2D eigenvalue weighted by molar-refractivity contribution is 5.54. The molecule has 4 rings (SSSR count). The van der Waals surface area contributed by atoms with E-state index in [-0.39, 0.29) is 0 Å². The monoisotopic (exact) mass is 339 g/mol. The van der Waals surface area contributed by atoms with Crippen LogP contribution in [-0.4, -0.2) is 63.1 Å². The van der Waals surface area contributed by atoms with Crippen molar-refractivity contribution in [1.29, 1.82) is 0 Å². The van der Waals surface area contributed by atoms with Crippen LogP contribution in [0.5, 0.6) is 0 Å². The maximum absolute atomic E-state index is 4.63. The molecule has 0 unspecified atom stereocenters. The standard InChI is InChI=1S/C20H29N5/c1-3-23-9-6-19(7-10-23)24-13-17(14-24)15-25-16(2)11-22-20(25)18-5-4-8-21-12-18/h4-5,8,11-12,17,19H,3,6-7,9-10,13-15H2,1-2H3. The number of pyridine rings is 1. The SMILES string of the molecule is CCN1CCC(N2CC(Cn3c(C)cnc3-c3cccnc3)C2)CC1. The first kappa shape index (κ1) is 16.7. The van der Waals surface area contributed by atoms with Gasteiger partial charge in [0.2, 0.25) is 0 Å². The Balaban J connectivity index is 1.35. The predicted octanol–water partition coefficient (Wildman–Crippen LogP) is 2.67. The topological polar surface area (TPSA) is 37.2 Å². The smallest absolute Gasteiger partial charge is 0.141 e. The zero-order valence-corrected chi connectivity index (χ0v) is 15.4. The Kier molecular flexibility index (Phi) is 4.86. The number of rotatable bonds is 5. The molecule has 2 saturated heterocycles. The van der Waals surface area contributed by atoms with Gasteiger partial charge in [0.1, 0.15) is 5.82 Å². The van der Waals surface area contributed by atoms with E-state index in [0.717, 1.165) is 29.9 Å². The Bertz CT molecular complexity index is 681. The number of hydrogen-bond acceptors (Lipinski definition) is 4. The lowest BCUT2D eigenvalue weighted by Crippen LogP contribution is -2.56. The van der Waals surface area contributed by atoms with E-state index in [4.69, 9.17) is 0 Å². The van der Waals surface area contributed by atoms with E-state index < -0.39 is 0 Å². The summed E-state index contributed by atoms with van der Waals surface area (Å²) in [6.07, 6.45) is 8.39. The van der Waals surface area contributed by atoms with Gasteiger partial charge in [-0.25, -0.2) is 4.98 Å². The minimum Gasteiger partial charge on any atom is -0.328 e. The predicted molar refractivity (Wildman–Crippen MR) is 100 cm³/mol. The second kappa shape index (κ2) is 7.26. The highest BCUT2D eigenvalue weighted by Gasteiger charge is 2.34.